The van der Waals surface area contributed by atoms with Crippen LogP contribution in [0.1, 0.15) is 34.6 Å². The van der Waals surface area contributed by atoms with Crippen molar-refractivity contribution in [2.24, 2.45) is 0 Å². The Morgan fingerprint density at radius 3 is 1.79 bits per heavy atom. The monoisotopic (exact) mass is 214 g/mol. The number of hydrogen-bond acceptors (Lipinski definition) is 1. The zero-order chi connectivity index (χ0) is 11.2. The van der Waals surface area contributed by atoms with Gasteiger partial charge in [-0.25, -0.2) is 0 Å². The zero-order valence-corrected chi connectivity index (χ0v) is 11.7. The first kappa shape index (κ1) is 13.9. The fourth-order valence-corrected chi connectivity index (χ4v) is 6.05. The van der Waals surface area contributed by atoms with E-state index in [2.05, 4.69) is 40.7 Å². The molecule has 14 heavy (non-hydrogen) atoms. The van der Waals surface area contributed by atoms with Gasteiger partial charge in [-0.05, 0) is 13.8 Å². The quantitative estimate of drug-likeness (QED) is 0.479. The van der Waals surface area contributed by atoms with Crippen molar-refractivity contribution >= 4 is 8.07 Å². The second-order valence-corrected chi connectivity index (χ2v) is 9.74. The van der Waals surface area contributed by atoms with Crippen molar-refractivity contribution in [3.8, 4) is 0 Å². The Bertz CT molecular complexity index is 170. The summed E-state index contributed by atoms with van der Waals surface area (Å²) in [5, 5.41) is 0. The standard InChI is InChI=1S/C12H26OSi/c1-7-14(8-2,9-3)12(13-6)10-11(4)5/h10,12H,7-9H2,1-6H3. The second-order valence-electron chi connectivity index (χ2n) is 4.32. The third-order valence-electron chi connectivity index (χ3n) is 3.45. The minimum Gasteiger partial charge on any atom is -0.381 e. The Kier molecular flexibility index (Phi) is 6.37. The molecule has 1 unspecified atom stereocenters. The van der Waals surface area contributed by atoms with Gasteiger partial charge in [-0.15, -0.1) is 0 Å². The first-order valence-electron chi connectivity index (χ1n) is 5.74. The lowest BCUT2D eigenvalue weighted by Gasteiger charge is -2.34. The number of hydrogen-bond donors (Lipinski definition) is 0. The third-order valence-corrected chi connectivity index (χ3v) is 9.29. The Morgan fingerprint density at radius 1 is 1.14 bits per heavy atom. The summed E-state index contributed by atoms with van der Waals surface area (Å²) in [5.41, 5.74) is 1.79. The molecule has 0 saturated heterocycles. The molecule has 0 N–H and O–H groups in total. The minimum atomic E-state index is -1.21. The fraction of sp³-hybridized carbons (Fsp3) is 0.833. The Labute approximate surface area is 90.6 Å². The summed E-state index contributed by atoms with van der Waals surface area (Å²) in [7, 11) is 0.646. The highest BCUT2D eigenvalue weighted by Crippen LogP contribution is 2.27. The molecular formula is C12H26OSi. The van der Waals surface area contributed by atoms with Crippen molar-refractivity contribution < 1.29 is 4.74 Å². The van der Waals surface area contributed by atoms with Crippen LogP contribution in [-0.4, -0.2) is 20.9 Å². The van der Waals surface area contributed by atoms with Gasteiger partial charge in [-0.1, -0.05) is 50.6 Å². The molecule has 0 bridgehead atoms. The molecule has 0 aliphatic rings. The Hall–Kier alpha value is -0.0831. The predicted octanol–water partition coefficient (Wildman–Crippen LogP) is 4.02. The maximum Gasteiger partial charge on any atom is 0.0917 e. The molecule has 1 atom stereocenters. The minimum absolute atomic E-state index is 0.410. The first-order valence-corrected chi connectivity index (χ1v) is 8.44. The topological polar surface area (TPSA) is 9.23 Å². The lowest BCUT2D eigenvalue weighted by molar-refractivity contribution is 0.190. The highest BCUT2D eigenvalue weighted by Gasteiger charge is 2.35. The molecule has 0 aliphatic carbocycles. The van der Waals surface area contributed by atoms with Crippen LogP contribution in [0.4, 0.5) is 0 Å². The van der Waals surface area contributed by atoms with Crippen LogP contribution in [0.3, 0.4) is 0 Å². The number of allylic oxidation sites excluding steroid dienone is 1. The predicted molar refractivity (Wildman–Crippen MR) is 67.4 cm³/mol. The number of methoxy groups -OCH3 is 1. The summed E-state index contributed by atoms with van der Waals surface area (Å²) in [6.45, 7) is 11.3. The Balaban J connectivity index is 4.84. The van der Waals surface area contributed by atoms with Crippen molar-refractivity contribution in [1.29, 1.82) is 0 Å². The van der Waals surface area contributed by atoms with Gasteiger partial charge in [0.15, 0.2) is 0 Å². The average molecular weight is 214 g/mol. The average Bonchev–Trinajstić information content (AvgIpc) is 2.19. The summed E-state index contributed by atoms with van der Waals surface area (Å²) in [6, 6.07) is 3.97. The van der Waals surface area contributed by atoms with Crippen molar-refractivity contribution in [2.75, 3.05) is 7.11 Å². The first-order chi connectivity index (χ1) is 6.56. The molecule has 0 radical (unpaired) electrons. The van der Waals surface area contributed by atoms with Gasteiger partial charge in [0, 0.05) is 7.11 Å². The molecule has 0 aliphatic heterocycles. The van der Waals surface area contributed by atoms with Gasteiger partial charge in [0.1, 0.15) is 0 Å². The van der Waals surface area contributed by atoms with Crippen LogP contribution in [-0.2, 0) is 4.74 Å². The molecule has 0 rings (SSSR count). The van der Waals surface area contributed by atoms with Crippen LogP contribution in [0.25, 0.3) is 0 Å². The normalized spacial score (nSPS) is 13.9. The Morgan fingerprint density at radius 2 is 1.57 bits per heavy atom. The van der Waals surface area contributed by atoms with E-state index in [1.54, 1.807) is 0 Å². The van der Waals surface area contributed by atoms with E-state index in [0.29, 0.717) is 5.73 Å². The number of rotatable bonds is 6. The van der Waals surface area contributed by atoms with Gasteiger partial charge < -0.3 is 4.74 Å². The molecule has 84 valence electrons. The van der Waals surface area contributed by atoms with Crippen LogP contribution in [0.2, 0.25) is 18.1 Å². The highest BCUT2D eigenvalue weighted by atomic mass is 28.3. The van der Waals surface area contributed by atoms with E-state index in [4.69, 9.17) is 4.74 Å². The summed E-state index contributed by atoms with van der Waals surface area (Å²) in [5.74, 6) is 0. The zero-order valence-electron chi connectivity index (χ0n) is 10.7. The molecule has 0 saturated carbocycles. The van der Waals surface area contributed by atoms with E-state index in [0.717, 1.165) is 0 Å². The molecule has 1 nitrogen and oxygen atoms in total. The lowest BCUT2D eigenvalue weighted by Crippen LogP contribution is -2.46. The smallest absolute Gasteiger partial charge is 0.0917 e. The van der Waals surface area contributed by atoms with Gasteiger partial charge in [-0.2, -0.15) is 0 Å². The van der Waals surface area contributed by atoms with Crippen LogP contribution in [0, 0.1) is 0 Å². The molecule has 0 amide bonds. The molecule has 0 spiro atoms. The van der Waals surface area contributed by atoms with Crippen molar-refractivity contribution in [3.63, 3.8) is 0 Å². The second kappa shape index (κ2) is 6.41. The molecule has 0 aromatic carbocycles. The summed E-state index contributed by atoms with van der Waals surface area (Å²) < 4.78 is 5.68. The van der Waals surface area contributed by atoms with Crippen LogP contribution in [0.15, 0.2) is 11.6 Å². The maximum atomic E-state index is 5.68. The lowest BCUT2D eigenvalue weighted by atomic mass is 10.3. The summed E-state index contributed by atoms with van der Waals surface area (Å²) in [4.78, 5) is 0. The van der Waals surface area contributed by atoms with E-state index < -0.39 is 8.07 Å². The van der Waals surface area contributed by atoms with Crippen LogP contribution >= 0.6 is 0 Å². The van der Waals surface area contributed by atoms with Gasteiger partial charge >= 0.3 is 0 Å². The molecule has 0 heterocycles. The third kappa shape index (κ3) is 3.25. The molecule has 0 fully saturated rings. The SMILES string of the molecule is CC[Si](CC)(CC)C(C=C(C)C)OC. The van der Waals surface area contributed by atoms with E-state index in [9.17, 15) is 0 Å². The molecule has 0 aromatic rings. The number of ether oxygens (including phenoxy) is 1. The van der Waals surface area contributed by atoms with E-state index >= 15 is 0 Å². The van der Waals surface area contributed by atoms with Crippen molar-refractivity contribution in [3.05, 3.63) is 11.6 Å². The molecule has 0 aromatic heterocycles. The summed E-state index contributed by atoms with van der Waals surface area (Å²) in [6.07, 6.45) is 2.32. The summed E-state index contributed by atoms with van der Waals surface area (Å²) >= 11 is 0. The van der Waals surface area contributed by atoms with E-state index in [-0.39, 0.29) is 0 Å². The molecule has 2 heteroatoms. The van der Waals surface area contributed by atoms with Crippen LogP contribution in [0.5, 0.6) is 0 Å². The van der Waals surface area contributed by atoms with Crippen molar-refractivity contribution in [1.82, 2.24) is 0 Å². The van der Waals surface area contributed by atoms with Crippen molar-refractivity contribution in [2.45, 2.75) is 58.5 Å². The van der Waals surface area contributed by atoms with E-state index in [1.807, 2.05) is 7.11 Å². The maximum absolute atomic E-state index is 5.68. The van der Waals surface area contributed by atoms with Gasteiger partial charge in [0.25, 0.3) is 0 Å². The van der Waals surface area contributed by atoms with Crippen LogP contribution < -0.4 is 0 Å². The molecular weight excluding hydrogens is 188 g/mol. The highest BCUT2D eigenvalue weighted by molar-refractivity contribution is 6.81. The van der Waals surface area contributed by atoms with E-state index in [1.165, 1.54) is 23.7 Å². The largest absolute Gasteiger partial charge is 0.381 e. The fourth-order valence-electron chi connectivity index (χ4n) is 2.15. The van der Waals surface area contributed by atoms with Gasteiger partial charge in [-0.3, -0.25) is 0 Å². The van der Waals surface area contributed by atoms with Gasteiger partial charge in [0.2, 0.25) is 0 Å². The van der Waals surface area contributed by atoms with Gasteiger partial charge in [0.05, 0.1) is 13.8 Å².